The maximum Gasteiger partial charge on any atom is 0.470 e. The molecule has 0 aliphatic heterocycles. The van der Waals surface area contributed by atoms with E-state index >= 15 is 0 Å². The first-order chi connectivity index (χ1) is 23.7. The molecule has 0 atom stereocenters. The van der Waals surface area contributed by atoms with Gasteiger partial charge in [0.1, 0.15) is 0 Å². The smallest absolute Gasteiger partial charge is 0.413 e. The summed E-state index contributed by atoms with van der Waals surface area (Å²) in [5, 5.41) is 12.6. The second-order valence-electron chi connectivity index (χ2n) is 10.8. The molecule has 0 aliphatic rings. The van der Waals surface area contributed by atoms with Crippen LogP contribution in [0.2, 0.25) is 0 Å². The summed E-state index contributed by atoms with van der Waals surface area (Å²) < 4.78 is 134. The van der Waals surface area contributed by atoms with Gasteiger partial charge in [-0.3, -0.25) is 0 Å². The standard InChI is InChI=1S/C15H18F3N3O3S.C11H10F3N3O3S.C4H9I/c1-3-4-9-21(25(2,22)23)10-11-5-7-12(8-6-11)13-19-20-14(24-13)15(16,17)18;1-21(18,19)15-6-7-2-4-8(5-3-7)9-16-17-10(20-9)11(12,13)14;1-2-3-4-5/h5-8H,3-4,9-10H2,1-2H3;2-5,15H,6H2,1H3;2-4H2,1H3. The van der Waals surface area contributed by atoms with Crippen molar-refractivity contribution in [1.29, 1.82) is 0 Å². The zero-order valence-corrected chi connectivity index (χ0v) is 31.7. The quantitative estimate of drug-likeness (QED) is 0.0817. The second-order valence-corrected chi connectivity index (χ2v) is 15.7. The van der Waals surface area contributed by atoms with E-state index in [1.165, 1.54) is 45.8 Å². The van der Waals surface area contributed by atoms with Gasteiger partial charge in [0.15, 0.2) is 0 Å². The van der Waals surface area contributed by atoms with Crippen molar-refractivity contribution >= 4 is 42.6 Å². The van der Waals surface area contributed by atoms with Gasteiger partial charge in [-0.05, 0) is 52.7 Å². The molecule has 21 heteroatoms. The number of unbranched alkanes of at least 4 members (excludes halogenated alkanes) is 2. The first-order valence-corrected chi connectivity index (χ1v) is 20.4. The Hall–Kier alpha value is -3.15. The third kappa shape index (κ3) is 16.0. The van der Waals surface area contributed by atoms with Crippen molar-refractivity contribution in [2.45, 2.75) is 65.0 Å². The summed E-state index contributed by atoms with van der Waals surface area (Å²) >= 11 is 2.39. The summed E-state index contributed by atoms with van der Waals surface area (Å²) in [5.74, 6) is -3.33. The van der Waals surface area contributed by atoms with Gasteiger partial charge in [0.2, 0.25) is 31.8 Å². The van der Waals surface area contributed by atoms with Crippen molar-refractivity contribution in [2.75, 3.05) is 23.5 Å². The minimum Gasteiger partial charge on any atom is -0.413 e. The molecule has 0 bridgehead atoms. The van der Waals surface area contributed by atoms with E-state index in [2.05, 4.69) is 63.5 Å². The van der Waals surface area contributed by atoms with Gasteiger partial charge >= 0.3 is 24.1 Å². The van der Waals surface area contributed by atoms with E-state index in [1.807, 2.05) is 6.92 Å². The first kappa shape index (κ1) is 44.0. The molecule has 0 radical (unpaired) electrons. The fourth-order valence-corrected chi connectivity index (χ4v) is 5.71. The van der Waals surface area contributed by atoms with Crippen LogP contribution in [0.5, 0.6) is 0 Å². The van der Waals surface area contributed by atoms with Crippen LogP contribution in [0.1, 0.15) is 62.4 Å². The number of alkyl halides is 7. The SMILES string of the molecule is CCCCI.CCCCN(Cc1ccc(-c2nnc(C(F)(F)F)o2)cc1)S(C)(=O)=O.CS(=O)(=O)NCc1ccc(-c2nnc(C(F)(F)F)o2)cc1. The molecule has 0 aliphatic carbocycles. The number of nitrogens with one attached hydrogen (secondary N) is 1. The average Bonchev–Trinajstić information content (AvgIpc) is 3.74. The summed E-state index contributed by atoms with van der Waals surface area (Å²) in [6, 6.07) is 12.3. The van der Waals surface area contributed by atoms with Gasteiger partial charge in [-0.1, -0.05) is 73.5 Å². The van der Waals surface area contributed by atoms with Gasteiger partial charge in [-0.15, -0.1) is 20.4 Å². The summed E-state index contributed by atoms with van der Waals surface area (Å²) in [7, 11) is -6.66. The van der Waals surface area contributed by atoms with Crippen molar-refractivity contribution in [3.63, 3.8) is 0 Å². The van der Waals surface area contributed by atoms with E-state index in [-0.39, 0.29) is 24.9 Å². The van der Waals surface area contributed by atoms with E-state index in [1.54, 1.807) is 24.3 Å². The van der Waals surface area contributed by atoms with Crippen LogP contribution in [0.25, 0.3) is 22.9 Å². The molecule has 1 N–H and O–H groups in total. The van der Waals surface area contributed by atoms with Crippen LogP contribution in [-0.4, -0.2) is 65.0 Å². The first-order valence-electron chi connectivity index (χ1n) is 15.1. The lowest BCUT2D eigenvalue weighted by atomic mass is 10.1. The Morgan fingerprint density at radius 1 is 0.706 bits per heavy atom. The van der Waals surface area contributed by atoms with Crippen LogP contribution in [0.4, 0.5) is 26.3 Å². The molecule has 2 heterocycles. The summed E-state index contributed by atoms with van der Waals surface area (Å²) in [5.41, 5.74) is 1.98. The van der Waals surface area contributed by atoms with Crippen molar-refractivity contribution in [3.8, 4) is 22.9 Å². The molecular formula is C30H37F6IN6O6S2. The zero-order valence-electron chi connectivity index (χ0n) is 27.9. The van der Waals surface area contributed by atoms with Crippen LogP contribution in [0, 0.1) is 0 Å². The highest BCUT2D eigenvalue weighted by Crippen LogP contribution is 2.31. The Labute approximate surface area is 305 Å². The van der Waals surface area contributed by atoms with Crippen LogP contribution in [0.15, 0.2) is 57.4 Å². The predicted octanol–water partition coefficient (Wildman–Crippen LogP) is 7.34. The number of hydrogen-bond donors (Lipinski definition) is 1. The topological polar surface area (TPSA) is 161 Å². The molecule has 2 aromatic heterocycles. The lowest BCUT2D eigenvalue weighted by Crippen LogP contribution is -2.30. The molecule has 0 spiro atoms. The molecule has 51 heavy (non-hydrogen) atoms. The van der Waals surface area contributed by atoms with Gasteiger partial charge in [0, 0.05) is 30.8 Å². The van der Waals surface area contributed by atoms with Gasteiger partial charge in [-0.2, -0.15) is 30.6 Å². The minimum absolute atomic E-state index is 0.0801. The predicted molar refractivity (Wildman–Crippen MR) is 185 cm³/mol. The lowest BCUT2D eigenvalue weighted by molar-refractivity contribution is -0.157. The van der Waals surface area contributed by atoms with Crippen LogP contribution in [-0.2, 0) is 45.5 Å². The monoisotopic (exact) mass is 882 g/mol. The number of halogens is 7. The Bertz CT molecular complexity index is 1850. The third-order valence-corrected chi connectivity index (χ3v) is 9.03. The van der Waals surface area contributed by atoms with Gasteiger partial charge in [0.25, 0.3) is 0 Å². The van der Waals surface area contributed by atoms with E-state index in [0.717, 1.165) is 25.4 Å². The molecule has 2 aromatic carbocycles. The van der Waals surface area contributed by atoms with Crippen LogP contribution >= 0.6 is 22.6 Å². The van der Waals surface area contributed by atoms with Crippen LogP contribution in [0.3, 0.4) is 0 Å². The fourth-order valence-electron chi connectivity index (χ4n) is 3.68. The van der Waals surface area contributed by atoms with E-state index in [4.69, 9.17) is 0 Å². The third-order valence-electron chi connectivity index (χ3n) is 6.35. The van der Waals surface area contributed by atoms with Gasteiger partial charge in [-0.25, -0.2) is 21.6 Å². The number of aromatic nitrogens is 4. The second kappa shape index (κ2) is 19.6. The number of benzene rings is 2. The molecule has 0 fully saturated rings. The largest absolute Gasteiger partial charge is 0.470 e. The molecule has 4 rings (SSSR count). The summed E-state index contributed by atoms with van der Waals surface area (Å²) in [6.07, 6.45) is -2.89. The minimum atomic E-state index is -4.69. The molecule has 12 nitrogen and oxygen atoms in total. The zero-order chi connectivity index (χ0) is 38.5. The summed E-state index contributed by atoms with van der Waals surface area (Å²) in [6.45, 7) is 4.86. The Morgan fingerprint density at radius 3 is 1.45 bits per heavy atom. The number of hydrogen-bond acceptors (Lipinski definition) is 10. The van der Waals surface area contributed by atoms with Gasteiger partial charge in [0.05, 0.1) is 12.5 Å². The van der Waals surface area contributed by atoms with Crippen molar-refractivity contribution in [2.24, 2.45) is 0 Å². The molecule has 0 saturated heterocycles. The Morgan fingerprint density at radius 2 is 1.14 bits per heavy atom. The number of rotatable bonds is 13. The van der Waals surface area contributed by atoms with E-state index < -0.39 is 44.2 Å². The Kier molecular flexibility index (Phi) is 16.9. The molecule has 0 amide bonds. The van der Waals surface area contributed by atoms with Crippen molar-refractivity contribution < 1.29 is 52.0 Å². The highest BCUT2D eigenvalue weighted by atomic mass is 127. The van der Waals surface area contributed by atoms with E-state index in [9.17, 15) is 43.2 Å². The molecular weight excluding hydrogens is 845 g/mol. The molecule has 4 aromatic rings. The highest BCUT2D eigenvalue weighted by molar-refractivity contribution is 14.1. The molecule has 284 valence electrons. The van der Waals surface area contributed by atoms with Crippen molar-refractivity contribution in [3.05, 3.63) is 71.4 Å². The molecule has 0 saturated carbocycles. The lowest BCUT2D eigenvalue weighted by Gasteiger charge is -2.19. The van der Waals surface area contributed by atoms with E-state index in [0.29, 0.717) is 28.8 Å². The Balaban J connectivity index is 0.000000316. The maximum absolute atomic E-state index is 12.5. The van der Waals surface area contributed by atoms with Gasteiger partial charge < -0.3 is 8.83 Å². The normalized spacial score (nSPS) is 12.2. The highest BCUT2D eigenvalue weighted by Gasteiger charge is 2.39. The number of sulfonamides is 2. The van der Waals surface area contributed by atoms with Crippen molar-refractivity contribution in [1.82, 2.24) is 29.4 Å². The maximum atomic E-state index is 12.5. The average molecular weight is 883 g/mol. The summed E-state index contributed by atoms with van der Waals surface area (Å²) in [4.78, 5) is 0. The number of nitrogens with zero attached hydrogens (tertiary/aromatic N) is 5. The molecule has 0 unspecified atom stereocenters. The fraction of sp³-hybridized carbons (Fsp3) is 0.467. The van der Waals surface area contributed by atoms with Crippen LogP contribution < -0.4 is 4.72 Å².